The van der Waals surface area contributed by atoms with Crippen molar-refractivity contribution in [3.05, 3.63) is 29.3 Å². The number of halogens is 2. The number of benzene rings is 1. The van der Waals surface area contributed by atoms with Crippen LogP contribution in [0.4, 0.5) is 8.78 Å². The van der Waals surface area contributed by atoms with Crippen LogP contribution in [0, 0.1) is 11.6 Å². The van der Waals surface area contributed by atoms with E-state index in [0.29, 0.717) is 12.0 Å². The molecule has 0 saturated carbocycles. The van der Waals surface area contributed by atoms with Gasteiger partial charge in [0, 0.05) is 0 Å². The molecule has 0 aliphatic rings. The molecule has 0 amide bonds. The minimum Gasteiger partial charge on any atom is -0.488 e. The minimum absolute atomic E-state index is 0.0283. The fourth-order valence-corrected chi connectivity index (χ4v) is 1.44. The van der Waals surface area contributed by atoms with Crippen molar-refractivity contribution in [2.75, 3.05) is 13.2 Å². The lowest BCUT2D eigenvalue weighted by Crippen LogP contribution is -2.07. The van der Waals surface area contributed by atoms with E-state index < -0.39 is 11.6 Å². The highest BCUT2D eigenvalue weighted by atomic mass is 19.2. The lowest BCUT2D eigenvalue weighted by molar-refractivity contribution is 0.193. The van der Waals surface area contributed by atoms with Crippen LogP contribution in [0.1, 0.15) is 25.3 Å². The molecule has 0 fully saturated rings. The highest BCUT2D eigenvalue weighted by Crippen LogP contribution is 2.26. The van der Waals surface area contributed by atoms with Crippen LogP contribution in [-0.4, -0.2) is 18.3 Å². The standard InChI is InChI=1S/C12H16F2O2/c1-2-3-4-9-5-6-10(13)11(14)12(9)16-8-7-15/h5-6,15H,2-4,7-8H2,1H3. The van der Waals surface area contributed by atoms with Gasteiger partial charge in [-0.25, -0.2) is 4.39 Å². The zero-order valence-electron chi connectivity index (χ0n) is 9.30. The highest BCUT2D eigenvalue weighted by Gasteiger charge is 2.14. The van der Waals surface area contributed by atoms with Crippen molar-refractivity contribution < 1.29 is 18.6 Å². The van der Waals surface area contributed by atoms with E-state index in [1.807, 2.05) is 6.92 Å². The van der Waals surface area contributed by atoms with Gasteiger partial charge in [0.2, 0.25) is 5.82 Å². The summed E-state index contributed by atoms with van der Waals surface area (Å²) in [5, 5.41) is 8.61. The first-order valence-electron chi connectivity index (χ1n) is 5.41. The van der Waals surface area contributed by atoms with Gasteiger partial charge < -0.3 is 9.84 Å². The largest absolute Gasteiger partial charge is 0.488 e. The Bertz CT molecular complexity index is 340. The van der Waals surface area contributed by atoms with Gasteiger partial charge in [-0.2, -0.15) is 4.39 Å². The lowest BCUT2D eigenvalue weighted by atomic mass is 10.1. The van der Waals surface area contributed by atoms with Crippen LogP contribution >= 0.6 is 0 Å². The fourth-order valence-electron chi connectivity index (χ4n) is 1.44. The van der Waals surface area contributed by atoms with Crippen LogP contribution in [0.2, 0.25) is 0 Å². The molecule has 0 heterocycles. The average Bonchev–Trinajstić information content (AvgIpc) is 2.29. The molecule has 0 aliphatic heterocycles. The number of hydrogen-bond donors (Lipinski definition) is 1. The molecule has 1 aromatic carbocycles. The third-order valence-corrected chi connectivity index (χ3v) is 2.27. The second-order valence-electron chi connectivity index (χ2n) is 3.53. The maximum absolute atomic E-state index is 13.4. The predicted molar refractivity (Wildman–Crippen MR) is 57.6 cm³/mol. The molecular formula is C12H16F2O2. The van der Waals surface area contributed by atoms with Gasteiger partial charge in [-0.05, 0) is 24.5 Å². The summed E-state index contributed by atoms with van der Waals surface area (Å²) in [6.45, 7) is 1.77. The Balaban J connectivity index is 2.91. The monoisotopic (exact) mass is 230 g/mol. The van der Waals surface area contributed by atoms with Gasteiger partial charge >= 0.3 is 0 Å². The van der Waals surface area contributed by atoms with Crippen molar-refractivity contribution in [3.8, 4) is 5.75 Å². The Morgan fingerprint density at radius 2 is 2.06 bits per heavy atom. The molecule has 1 aromatic rings. The summed E-state index contributed by atoms with van der Waals surface area (Å²) >= 11 is 0. The van der Waals surface area contributed by atoms with Gasteiger partial charge in [0.05, 0.1) is 6.61 Å². The number of ether oxygens (including phenoxy) is 1. The summed E-state index contributed by atoms with van der Waals surface area (Å²) in [5.74, 6) is -1.96. The molecule has 4 heteroatoms. The molecule has 1 rings (SSSR count). The molecule has 0 aromatic heterocycles. The third kappa shape index (κ3) is 3.17. The molecule has 0 atom stereocenters. The van der Waals surface area contributed by atoms with Gasteiger partial charge in [0.25, 0.3) is 0 Å². The van der Waals surface area contributed by atoms with Gasteiger partial charge in [-0.1, -0.05) is 19.4 Å². The van der Waals surface area contributed by atoms with E-state index in [1.165, 1.54) is 6.07 Å². The summed E-state index contributed by atoms with van der Waals surface area (Å²) in [4.78, 5) is 0. The van der Waals surface area contributed by atoms with Crippen molar-refractivity contribution in [1.82, 2.24) is 0 Å². The van der Waals surface area contributed by atoms with Crippen molar-refractivity contribution in [3.63, 3.8) is 0 Å². The van der Waals surface area contributed by atoms with Crippen LogP contribution in [0.3, 0.4) is 0 Å². The third-order valence-electron chi connectivity index (χ3n) is 2.27. The molecule has 1 N–H and O–H groups in total. The van der Waals surface area contributed by atoms with E-state index >= 15 is 0 Å². The molecular weight excluding hydrogens is 214 g/mol. The topological polar surface area (TPSA) is 29.5 Å². The molecule has 0 saturated heterocycles. The molecule has 2 nitrogen and oxygen atoms in total. The number of rotatable bonds is 6. The molecule has 16 heavy (non-hydrogen) atoms. The Labute approximate surface area is 93.9 Å². The zero-order valence-corrected chi connectivity index (χ0v) is 9.30. The number of unbranched alkanes of at least 4 members (excludes halogenated alkanes) is 1. The molecule has 0 spiro atoms. The summed E-state index contributed by atoms with van der Waals surface area (Å²) < 4.78 is 31.5. The first-order chi connectivity index (χ1) is 7.70. The van der Waals surface area contributed by atoms with E-state index in [-0.39, 0.29) is 19.0 Å². The summed E-state index contributed by atoms with van der Waals surface area (Å²) in [6, 6.07) is 2.63. The minimum atomic E-state index is -0.970. The van der Waals surface area contributed by atoms with E-state index in [4.69, 9.17) is 9.84 Å². The van der Waals surface area contributed by atoms with Crippen molar-refractivity contribution in [2.24, 2.45) is 0 Å². The summed E-state index contributed by atoms with van der Waals surface area (Å²) in [6.07, 6.45) is 2.51. The highest BCUT2D eigenvalue weighted by molar-refractivity contribution is 5.36. The molecule has 0 radical (unpaired) electrons. The second-order valence-corrected chi connectivity index (χ2v) is 3.53. The van der Waals surface area contributed by atoms with Crippen molar-refractivity contribution >= 4 is 0 Å². The first-order valence-corrected chi connectivity index (χ1v) is 5.41. The van der Waals surface area contributed by atoms with Crippen molar-refractivity contribution in [1.29, 1.82) is 0 Å². The maximum atomic E-state index is 13.4. The Morgan fingerprint density at radius 1 is 1.31 bits per heavy atom. The number of hydrogen-bond acceptors (Lipinski definition) is 2. The quantitative estimate of drug-likeness (QED) is 0.814. The summed E-state index contributed by atoms with van der Waals surface area (Å²) in [7, 11) is 0. The molecule has 0 unspecified atom stereocenters. The van der Waals surface area contributed by atoms with Crippen LogP contribution in [-0.2, 0) is 6.42 Å². The molecule has 0 bridgehead atoms. The van der Waals surface area contributed by atoms with Crippen molar-refractivity contribution in [2.45, 2.75) is 26.2 Å². The average molecular weight is 230 g/mol. The number of aryl methyl sites for hydroxylation is 1. The lowest BCUT2D eigenvalue weighted by Gasteiger charge is -2.11. The second kappa shape index (κ2) is 6.43. The van der Waals surface area contributed by atoms with Gasteiger partial charge in [0.15, 0.2) is 11.6 Å². The zero-order chi connectivity index (χ0) is 12.0. The van der Waals surface area contributed by atoms with Gasteiger partial charge in [-0.15, -0.1) is 0 Å². The van der Waals surface area contributed by atoms with Crippen LogP contribution in [0.5, 0.6) is 5.75 Å². The number of aliphatic hydroxyl groups is 1. The van der Waals surface area contributed by atoms with E-state index in [0.717, 1.165) is 18.9 Å². The summed E-state index contributed by atoms with van der Waals surface area (Å²) in [5.41, 5.74) is 0.647. The molecule has 90 valence electrons. The smallest absolute Gasteiger partial charge is 0.200 e. The fraction of sp³-hybridized carbons (Fsp3) is 0.500. The predicted octanol–water partition coefficient (Wildman–Crippen LogP) is 2.68. The molecule has 0 aliphatic carbocycles. The van der Waals surface area contributed by atoms with E-state index in [2.05, 4.69) is 0 Å². The Hall–Kier alpha value is -1.16. The number of aliphatic hydroxyl groups excluding tert-OH is 1. The van der Waals surface area contributed by atoms with Crippen LogP contribution in [0.25, 0.3) is 0 Å². The van der Waals surface area contributed by atoms with E-state index in [9.17, 15) is 8.78 Å². The normalized spacial score (nSPS) is 10.5. The maximum Gasteiger partial charge on any atom is 0.200 e. The van der Waals surface area contributed by atoms with Crippen LogP contribution in [0.15, 0.2) is 12.1 Å². The van der Waals surface area contributed by atoms with E-state index in [1.54, 1.807) is 0 Å². The van der Waals surface area contributed by atoms with Crippen LogP contribution < -0.4 is 4.74 Å². The first kappa shape index (κ1) is 12.9. The van der Waals surface area contributed by atoms with Gasteiger partial charge in [-0.3, -0.25) is 0 Å². The van der Waals surface area contributed by atoms with Gasteiger partial charge in [0.1, 0.15) is 6.61 Å². The Morgan fingerprint density at radius 3 is 2.69 bits per heavy atom. The Kier molecular flexibility index (Phi) is 5.19. The SMILES string of the molecule is CCCCc1ccc(F)c(F)c1OCCO.